The average Bonchev–Trinajstić information content (AvgIpc) is 3.28. The Hall–Kier alpha value is -5.43. The number of ketones is 4. The standard InChI is InChI=1S/C51H93N11O9/c1-6-7-8-9-10-11-12-13-14-15-16-17-18-23-47(69)61-40(21-19-28-58-50(54)55)44(66)33-39(30-34(2)3)49(71)62-41(22-20-29-59-51(56)57)43(65)32-38(25-27-46(53)68)48(70)60-35(4)42(64)31-37(36(5)63)24-26-45(52)67/h34-35,37-41H,6-33H2,1-5H3,(H2,52,67)(H2,53,68)(H,60,70)(H,61,69)(H,62,71)(H4,54,55,58)(H4,56,57,59)/t35-,37+,38+,39+,40-,41-/m0/s1. The Labute approximate surface area is 423 Å². The van der Waals surface area contributed by atoms with Crippen molar-refractivity contribution in [3.8, 4) is 0 Å². The van der Waals surface area contributed by atoms with Crippen LogP contribution in [-0.2, 0) is 43.2 Å². The number of nitrogens with zero attached hydrogens (tertiary/aromatic N) is 2. The molecule has 71 heavy (non-hydrogen) atoms. The van der Waals surface area contributed by atoms with Gasteiger partial charge in [-0.2, -0.15) is 0 Å². The maximum Gasteiger partial charge on any atom is 0.224 e. The molecule has 0 heterocycles. The zero-order chi connectivity index (χ0) is 53.7. The molecule has 0 rings (SSSR count). The monoisotopic (exact) mass is 1000 g/mol. The molecule has 0 aromatic rings. The van der Waals surface area contributed by atoms with Crippen LogP contribution in [0.2, 0.25) is 0 Å². The van der Waals surface area contributed by atoms with Crippen LogP contribution >= 0.6 is 0 Å². The second kappa shape index (κ2) is 39.2. The first-order valence-electron chi connectivity index (χ1n) is 26.2. The van der Waals surface area contributed by atoms with Crippen LogP contribution in [0.25, 0.3) is 0 Å². The van der Waals surface area contributed by atoms with Crippen molar-refractivity contribution in [3.05, 3.63) is 0 Å². The van der Waals surface area contributed by atoms with Gasteiger partial charge in [0.25, 0.3) is 0 Å². The average molecular weight is 1000 g/mol. The van der Waals surface area contributed by atoms with Crippen LogP contribution in [0.3, 0.4) is 0 Å². The zero-order valence-corrected chi connectivity index (χ0v) is 43.9. The molecular weight excluding hydrogens is 911 g/mol. The second-order valence-corrected chi connectivity index (χ2v) is 19.7. The molecule has 0 aliphatic rings. The van der Waals surface area contributed by atoms with Gasteiger partial charge in [-0.25, -0.2) is 0 Å². The number of guanidine groups is 2. The van der Waals surface area contributed by atoms with Crippen molar-refractivity contribution in [2.24, 2.45) is 68.1 Å². The molecule has 0 aliphatic carbocycles. The van der Waals surface area contributed by atoms with Gasteiger partial charge >= 0.3 is 0 Å². The van der Waals surface area contributed by atoms with Crippen LogP contribution in [0.5, 0.6) is 0 Å². The summed E-state index contributed by atoms with van der Waals surface area (Å²) in [5.41, 5.74) is 32.7. The molecule has 0 bridgehead atoms. The quantitative estimate of drug-likeness (QED) is 0.0237. The Morgan fingerprint density at radius 1 is 0.451 bits per heavy atom. The van der Waals surface area contributed by atoms with Gasteiger partial charge in [-0.15, -0.1) is 0 Å². The van der Waals surface area contributed by atoms with E-state index in [0.717, 1.165) is 19.3 Å². The van der Waals surface area contributed by atoms with Gasteiger partial charge in [-0.05, 0) is 71.1 Å². The number of Topliss-reactive ketones (excluding diaryl/α,β-unsaturated/α-hetero) is 4. The van der Waals surface area contributed by atoms with Gasteiger partial charge in [-0.3, -0.25) is 53.1 Å². The number of aliphatic imine (C=N–C) groups is 2. The van der Waals surface area contributed by atoms with Crippen molar-refractivity contribution < 1.29 is 43.2 Å². The van der Waals surface area contributed by atoms with E-state index in [-0.39, 0.29) is 119 Å². The van der Waals surface area contributed by atoms with Gasteiger partial charge in [0.1, 0.15) is 5.78 Å². The molecule has 15 N–H and O–H groups in total. The Balaban J connectivity index is 6.13. The van der Waals surface area contributed by atoms with Crippen LogP contribution in [0.15, 0.2) is 9.98 Å². The van der Waals surface area contributed by atoms with E-state index in [1.165, 1.54) is 71.6 Å². The first kappa shape index (κ1) is 65.6. The number of carbonyl (C=O) groups excluding carboxylic acids is 9. The molecule has 5 amide bonds. The van der Waals surface area contributed by atoms with E-state index in [0.29, 0.717) is 12.8 Å². The van der Waals surface area contributed by atoms with Crippen molar-refractivity contribution >= 4 is 64.6 Å². The Bertz CT molecular complexity index is 1710. The Kier molecular flexibility index (Phi) is 36.2. The number of rotatable bonds is 45. The van der Waals surface area contributed by atoms with Crippen molar-refractivity contribution in [1.29, 1.82) is 0 Å². The number of unbranched alkanes of at least 4 members (excludes halogenated alkanes) is 12. The van der Waals surface area contributed by atoms with E-state index in [1.54, 1.807) is 0 Å². The molecule has 0 saturated heterocycles. The van der Waals surface area contributed by atoms with Crippen molar-refractivity contribution in [3.63, 3.8) is 0 Å². The first-order chi connectivity index (χ1) is 33.6. The zero-order valence-electron chi connectivity index (χ0n) is 43.9. The van der Waals surface area contributed by atoms with Gasteiger partial charge in [0.05, 0.1) is 18.1 Å². The Morgan fingerprint density at radius 3 is 1.30 bits per heavy atom. The molecule has 0 saturated carbocycles. The smallest absolute Gasteiger partial charge is 0.224 e. The molecule has 20 heteroatoms. The molecule has 0 spiro atoms. The number of hydrogen-bond acceptors (Lipinski definition) is 11. The van der Waals surface area contributed by atoms with E-state index in [2.05, 4.69) is 32.9 Å². The van der Waals surface area contributed by atoms with E-state index >= 15 is 0 Å². The molecular formula is C51H93N11O9. The van der Waals surface area contributed by atoms with Gasteiger partial charge in [0, 0.05) is 69.4 Å². The van der Waals surface area contributed by atoms with Gasteiger partial charge in [-0.1, -0.05) is 97.8 Å². The summed E-state index contributed by atoms with van der Waals surface area (Å²) in [6, 6.07) is -3.20. The summed E-state index contributed by atoms with van der Waals surface area (Å²) >= 11 is 0. The molecule has 20 nitrogen and oxygen atoms in total. The molecule has 0 aromatic carbocycles. The summed E-state index contributed by atoms with van der Waals surface area (Å²) in [5, 5.41) is 8.31. The number of primary amides is 2. The van der Waals surface area contributed by atoms with Crippen LogP contribution < -0.4 is 50.4 Å². The van der Waals surface area contributed by atoms with Crippen molar-refractivity contribution in [2.45, 2.75) is 220 Å². The lowest BCUT2D eigenvalue weighted by Crippen LogP contribution is -2.48. The molecule has 0 radical (unpaired) electrons. The number of amides is 5. The molecule has 0 unspecified atom stereocenters. The molecule has 0 aliphatic heterocycles. The summed E-state index contributed by atoms with van der Waals surface area (Å²) in [4.78, 5) is 126. The third-order valence-electron chi connectivity index (χ3n) is 12.6. The fraction of sp³-hybridized carbons (Fsp3) is 0.784. The van der Waals surface area contributed by atoms with Crippen molar-refractivity contribution in [1.82, 2.24) is 16.0 Å². The highest BCUT2D eigenvalue weighted by Gasteiger charge is 2.33. The summed E-state index contributed by atoms with van der Waals surface area (Å²) < 4.78 is 0. The number of nitrogens with one attached hydrogen (secondary N) is 3. The predicted molar refractivity (Wildman–Crippen MR) is 278 cm³/mol. The van der Waals surface area contributed by atoms with Crippen LogP contribution in [0.4, 0.5) is 0 Å². The highest BCUT2D eigenvalue weighted by atomic mass is 16.2. The first-order valence-corrected chi connectivity index (χ1v) is 26.2. The minimum Gasteiger partial charge on any atom is -0.370 e. The minimum absolute atomic E-state index is 0.0448. The second-order valence-electron chi connectivity index (χ2n) is 19.7. The van der Waals surface area contributed by atoms with Gasteiger partial charge < -0.3 is 50.4 Å². The normalized spacial score (nSPS) is 13.7. The third kappa shape index (κ3) is 34.5. The lowest BCUT2D eigenvalue weighted by molar-refractivity contribution is -0.136. The number of carbonyl (C=O) groups is 9. The SMILES string of the molecule is CCCCCCCCCCCCCCCC(=O)N[C@@H](CCCN=C(N)N)C(=O)C[C@@H](CC(C)C)C(=O)N[C@@H](CCCN=C(N)N)C(=O)C[C@@H](CCC(N)=O)C(=O)N[C@@H](C)C(=O)C[C@@H](CCC(N)=O)C(C)=O. The highest BCUT2D eigenvalue weighted by molar-refractivity contribution is 5.97. The van der Waals surface area contributed by atoms with E-state index in [1.807, 2.05) is 13.8 Å². The lowest BCUT2D eigenvalue weighted by atomic mass is 9.87. The Morgan fingerprint density at radius 2 is 0.859 bits per heavy atom. The van der Waals surface area contributed by atoms with Crippen LogP contribution in [-0.4, -0.2) is 95.8 Å². The molecule has 0 aromatic heterocycles. The van der Waals surface area contributed by atoms with E-state index < -0.39 is 77.5 Å². The van der Waals surface area contributed by atoms with Crippen LogP contribution in [0.1, 0.15) is 202 Å². The van der Waals surface area contributed by atoms with Gasteiger partial charge in [0.15, 0.2) is 29.3 Å². The summed E-state index contributed by atoms with van der Waals surface area (Å²) in [6.45, 7) is 9.06. The topological polar surface area (TPSA) is 371 Å². The highest BCUT2D eigenvalue weighted by Crippen LogP contribution is 2.22. The lowest BCUT2D eigenvalue weighted by Gasteiger charge is -2.26. The maximum atomic E-state index is 14.2. The fourth-order valence-corrected chi connectivity index (χ4v) is 8.36. The third-order valence-corrected chi connectivity index (χ3v) is 12.6. The summed E-state index contributed by atoms with van der Waals surface area (Å²) in [7, 11) is 0. The molecule has 6 atom stereocenters. The number of nitrogens with two attached hydrogens (primary N) is 6. The summed E-state index contributed by atoms with van der Waals surface area (Å²) in [6.07, 6.45) is 15.2. The van der Waals surface area contributed by atoms with E-state index in [9.17, 15) is 43.2 Å². The van der Waals surface area contributed by atoms with Crippen LogP contribution in [0, 0.1) is 23.7 Å². The molecule has 0 fully saturated rings. The minimum atomic E-state index is -1.18. The maximum absolute atomic E-state index is 14.2. The van der Waals surface area contributed by atoms with E-state index in [4.69, 9.17) is 34.4 Å². The predicted octanol–water partition coefficient (Wildman–Crippen LogP) is 3.94. The molecule has 406 valence electrons. The number of hydrogen-bond donors (Lipinski definition) is 9. The largest absolute Gasteiger partial charge is 0.370 e. The van der Waals surface area contributed by atoms with Crippen molar-refractivity contribution in [2.75, 3.05) is 13.1 Å². The van der Waals surface area contributed by atoms with Gasteiger partial charge in [0.2, 0.25) is 29.5 Å². The fourth-order valence-electron chi connectivity index (χ4n) is 8.36. The summed E-state index contributed by atoms with van der Waals surface area (Å²) in [5.74, 6) is -7.87.